The van der Waals surface area contributed by atoms with Crippen molar-refractivity contribution in [3.63, 3.8) is 0 Å². The molecule has 4 aliphatic carbocycles. The fourth-order valence-corrected chi connectivity index (χ4v) is 7.70. The summed E-state index contributed by atoms with van der Waals surface area (Å²) in [6, 6.07) is 30.4. The molecule has 300 valence electrons. The first-order chi connectivity index (χ1) is 28.7. The third kappa shape index (κ3) is 13.3. The maximum Gasteiger partial charge on any atom is -0.00140 e. The predicted octanol–water partition coefficient (Wildman–Crippen LogP) is 17.5. The average Bonchev–Trinajstić information content (AvgIpc) is 3.45. The van der Waals surface area contributed by atoms with E-state index in [9.17, 15) is 0 Å². The number of hydrogen-bond donors (Lipinski definition) is 0. The Labute approximate surface area is 353 Å². The van der Waals surface area contributed by atoms with Gasteiger partial charge < -0.3 is 0 Å². The topological polar surface area (TPSA) is 0 Å². The lowest BCUT2D eigenvalue weighted by atomic mass is 9.86. The summed E-state index contributed by atoms with van der Waals surface area (Å²) in [4.78, 5) is 0. The van der Waals surface area contributed by atoms with Gasteiger partial charge in [-0.3, -0.25) is 0 Å². The van der Waals surface area contributed by atoms with Crippen molar-refractivity contribution < 1.29 is 0 Å². The van der Waals surface area contributed by atoms with Crippen LogP contribution in [0.2, 0.25) is 0 Å². The molecule has 0 radical (unpaired) electrons. The van der Waals surface area contributed by atoms with E-state index in [2.05, 4.69) is 183 Å². The van der Waals surface area contributed by atoms with Gasteiger partial charge in [-0.2, -0.15) is 0 Å². The van der Waals surface area contributed by atoms with Crippen LogP contribution in [0.4, 0.5) is 0 Å². The first-order valence-corrected chi connectivity index (χ1v) is 22.2. The smallest absolute Gasteiger partial charge is 0.00140 e. The van der Waals surface area contributed by atoms with Crippen molar-refractivity contribution in [1.82, 2.24) is 0 Å². The summed E-state index contributed by atoms with van der Waals surface area (Å²) in [7, 11) is 0. The maximum atomic E-state index is 3.98. The summed E-state index contributed by atoms with van der Waals surface area (Å²) in [5.74, 6) is 0.551. The summed E-state index contributed by atoms with van der Waals surface area (Å²) in [6.07, 6.45) is 44.8. The minimum absolute atomic E-state index is 0.551. The summed E-state index contributed by atoms with van der Waals surface area (Å²) in [5.41, 5.74) is 16.1. The molecule has 0 spiro atoms. The van der Waals surface area contributed by atoms with Crippen molar-refractivity contribution in [3.05, 3.63) is 227 Å². The standard InChI is InChI=1S/C52H50.3C2H6/c1-2-3-6-15-43(46-22-12-21-45(29-30-46)41-16-7-4-8-17-41)27-25-40-14-11-20-44(28-26-40)47-23-13-24-48(32-31-47)51-37-38-52(39-51)50-35-33-49(34-36-50)42-18-9-5-10-19-42;3*1-2/h2,4-5,7-10,14,16-24,26,28-38,43H,1,3,6,11-13,15,25,27,39H2;3*1-2H3. The number of unbranched alkanes of at least 4 members (excludes halogenated alkanes) is 1. The van der Waals surface area contributed by atoms with Crippen LogP contribution >= 0.6 is 0 Å². The predicted molar refractivity (Wildman–Crippen MR) is 259 cm³/mol. The molecule has 58 heavy (non-hydrogen) atoms. The molecular weight excluding hydrogens is 697 g/mol. The van der Waals surface area contributed by atoms with Crippen molar-refractivity contribution in [3.8, 4) is 11.1 Å². The molecule has 0 fully saturated rings. The van der Waals surface area contributed by atoms with Gasteiger partial charge in [-0.25, -0.2) is 0 Å². The number of benzene rings is 3. The van der Waals surface area contributed by atoms with E-state index in [1.807, 2.05) is 41.5 Å². The van der Waals surface area contributed by atoms with Gasteiger partial charge in [0.05, 0.1) is 0 Å². The highest BCUT2D eigenvalue weighted by Crippen LogP contribution is 2.36. The molecule has 0 nitrogen and oxygen atoms in total. The number of allylic oxidation sites excluding steroid dienone is 23. The molecule has 0 N–H and O–H groups in total. The molecule has 0 saturated carbocycles. The molecular formula is C58H68. The van der Waals surface area contributed by atoms with Crippen LogP contribution in [0.3, 0.4) is 0 Å². The molecule has 3 aromatic carbocycles. The Balaban J connectivity index is 0.00000119. The highest BCUT2D eigenvalue weighted by atomic mass is 14.2. The molecule has 3 aromatic rings. The quantitative estimate of drug-likeness (QED) is 0.120. The Hall–Kier alpha value is -5.46. The van der Waals surface area contributed by atoms with Gasteiger partial charge in [0.15, 0.2) is 0 Å². The van der Waals surface area contributed by atoms with E-state index in [-0.39, 0.29) is 0 Å². The van der Waals surface area contributed by atoms with E-state index < -0.39 is 0 Å². The Morgan fingerprint density at radius 1 is 0.483 bits per heavy atom. The van der Waals surface area contributed by atoms with Crippen LogP contribution in [-0.4, -0.2) is 0 Å². The van der Waals surface area contributed by atoms with E-state index in [1.165, 1.54) is 79.7 Å². The van der Waals surface area contributed by atoms with E-state index >= 15 is 0 Å². The van der Waals surface area contributed by atoms with Crippen LogP contribution in [0.5, 0.6) is 0 Å². The molecule has 0 heterocycles. The van der Waals surface area contributed by atoms with E-state index in [0.717, 1.165) is 44.9 Å². The van der Waals surface area contributed by atoms with Crippen molar-refractivity contribution >= 4 is 11.1 Å². The first-order valence-electron chi connectivity index (χ1n) is 22.2. The Morgan fingerprint density at radius 2 is 1.00 bits per heavy atom. The number of hydrogen-bond acceptors (Lipinski definition) is 0. The Morgan fingerprint density at radius 3 is 1.69 bits per heavy atom. The highest BCUT2D eigenvalue weighted by Gasteiger charge is 2.16. The molecule has 0 heteroatoms. The third-order valence-corrected chi connectivity index (χ3v) is 10.7. The fraction of sp³-hybridized carbons (Fsp3) is 0.276. The summed E-state index contributed by atoms with van der Waals surface area (Å²) in [5, 5.41) is 0. The van der Waals surface area contributed by atoms with Gasteiger partial charge in [-0.15, -0.1) is 6.58 Å². The zero-order chi connectivity index (χ0) is 41.4. The molecule has 0 aromatic heterocycles. The zero-order valence-corrected chi connectivity index (χ0v) is 36.4. The lowest BCUT2D eigenvalue weighted by molar-refractivity contribution is 0.508. The second-order valence-corrected chi connectivity index (χ2v) is 14.2. The normalized spacial score (nSPS) is 16.1. The maximum absolute atomic E-state index is 3.98. The molecule has 0 bridgehead atoms. The lowest BCUT2D eigenvalue weighted by Crippen LogP contribution is -2.04. The van der Waals surface area contributed by atoms with Crippen LogP contribution in [-0.2, 0) is 0 Å². The molecule has 7 rings (SSSR count). The Kier molecular flexibility index (Phi) is 20.1. The minimum atomic E-state index is 0.551. The van der Waals surface area contributed by atoms with Crippen LogP contribution in [0.15, 0.2) is 216 Å². The largest absolute Gasteiger partial charge is 0.103 e. The van der Waals surface area contributed by atoms with Gasteiger partial charge >= 0.3 is 0 Å². The van der Waals surface area contributed by atoms with Gasteiger partial charge in [-0.1, -0.05) is 223 Å². The summed E-state index contributed by atoms with van der Waals surface area (Å²) >= 11 is 0. The van der Waals surface area contributed by atoms with E-state index in [0.29, 0.717) is 5.92 Å². The first kappa shape index (κ1) is 45.2. The monoisotopic (exact) mass is 765 g/mol. The van der Waals surface area contributed by atoms with E-state index in [1.54, 1.807) is 0 Å². The highest BCUT2D eigenvalue weighted by molar-refractivity contribution is 5.77. The van der Waals surface area contributed by atoms with Gasteiger partial charge in [-0.05, 0) is 125 Å². The van der Waals surface area contributed by atoms with Crippen LogP contribution < -0.4 is 0 Å². The molecule has 1 unspecified atom stereocenters. The van der Waals surface area contributed by atoms with Gasteiger partial charge in [0.25, 0.3) is 0 Å². The SMILES string of the molecule is C=CCCCC(CCC1=CCC=C(C2=CCC=C(C3=CC=C(c4ccc(-c5ccccc5)cc4)C3)C=C2)C=C1)C1=CCC=C(c2ccccc2)C=C1.CC.CC.CC. The van der Waals surface area contributed by atoms with Crippen LogP contribution in [0.25, 0.3) is 22.3 Å². The van der Waals surface area contributed by atoms with Crippen LogP contribution in [0.1, 0.15) is 110 Å². The zero-order valence-electron chi connectivity index (χ0n) is 36.4. The second-order valence-electron chi connectivity index (χ2n) is 14.2. The minimum Gasteiger partial charge on any atom is -0.103 e. The van der Waals surface area contributed by atoms with Gasteiger partial charge in [0, 0.05) is 0 Å². The van der Waals surface area contributed by atoms with E-state index in [4.69, 9.17) is 0 Å². The van der Waals surface area contributed by atoms with Crippen molar-refractivity contribution in [2.75, 3.05) is 0 Å². The van der Waals surface area contributed by atoms with Crippen LogP contribution in [0, 0.1) is 5.92 Å². The summed E-state index contributed by atoms with van der Waals surface area (Å²) < 4.78 is 0. The molecule has 4 aliphatic rings. The molecule has 0 amide bonds. The van der Waals surface area contributed by atoms with Crippen molar-refractivity contribution in [1.29, 1.82) is 0 Å². The number of rotatable bonds is 13. The molecule has 0 aliphatic heterocycles. The third-order valence-electron chi connectivity index (χ3n) is 10.7. The summed E-state index contributed by atoms with van der Waals surface area (Å²) in [6.45, 7) is 16.0. The molecule has 1 atom stereocenters. The average molecular weight is 765 g/mol. The van der Waals surface area contributed by atoms with Crippen molar-refractivity contribution in [2.24, 2.45) is 5.92 Å². The fourth-order valence-electron chi connectivity index (χ4n) is 7.70. The molecule has 0 saturated heterocycles. The van der Waals surface area contributed by atoms with Gasteiger partial charge in [0.1, 0.15) is 0 Å². The second kappa shape index (κ2) is 25.7. The van der Waals surface area contributed by atoms with Crippen molar-refractivity contribution in [2.45, 2.75) is 99.3 Å². The van der Waals surface area contributed by atoms with Gasteiger partial charge in [0.2, 0.25) is 0 Å². The lowest BCUT2D eigenvalue weighted by Gasteiger charge is -2.19. The Bertz CT molecular complexity index is 2070.